The molecule has 0 bridgehead atoms. The van der Waals surface area contributed by atoms with Crippen molar-refractivity contribution in [3.05, 3.63) is 35.4 Å². The molecule has 0 amide bonds. The van der Waals surface area contributed by atoms with Gasteiger partial charge in [-0.15, -0.1) is 0 Å². The van der Waals surface area contributed by atoms with Crippen LogP contribution in [-0.2, 0) is 12.0 Å². The fourth-order valence-electron chi connectivity index (χ4n) is 1.98. The monoisotopic (exact) mass is 249 g/mol. The Morgan fingerprint density at radius 3 is 2.11 bits per heavy atom. The van der Waals surface area contributed by atoms with Gasteiger partial charge in [0, 0.05) is 12.6 Å². The van der Waals surface area contributed by atoms with Gasteiger partial charge in [-0.3, -0.25) is 0 Å². The molecular formula is C16H27NO. The van der Waals surface area contributed by atoms with E-state index in [2.05, 4.69) is 45.1 Å². The summed E-state index contributed by atoms with van der Waals surface area (Å²) in [6.07, 6.45) is 1.09. The lowest BCUT2D eigenvalue weighted by atomic mass is 9.93. The van der Waals surface area contributed by atoms with E-state index < -0.39 is 5.60 Å². The van der Waals surface area contributed by atoms with E-state index in [1.165, 1.54) is 5.56 Å². The molecule has 2 nitrogen and oxygen atoms in total. The summed E-state index contributed by atoms with van der Waals surface area (Å²) >= 11 is 0. The summed E-state index contributed by atoms with van der Waals surface area (Å²) in [4.78, 5) is 0. The van der Waals surface area contributed by atoms with Crippen molar-refractivity contribution in [3.63, 3.8) is 0 Å². The summed E-state index contributed by atoms with van der Waals surface area (Å²) < 4.78 is 0. The normalized spacial score (nSPS) is 15.1. The largest absolute Gasteiger partial charge is 0.384 e. The van der Waals surface area contributed by atoms with Gasteiger partial charge in [0.2, 0.25) is 0 Å². The molecule has 0 fully saturated rings. The third kappa shape index (κ3) is 4.79. The number of nitrogens with one attached hydrogen (secondary N) is 1. The van der Waals surface area contributed by atoms with Crippen LogP contribution in [0.4, 0.5) is 0 Å². The van der Waals surface area contributed by atoms with Gasteiger partial charge >= 0.3 is 0 Å². The zero-order chi connectivity index (χ0) is 13.8. The van der Waals surface area contributed by atoms with Gasteiger partial charge in [0.15, 0.2) is 0 Å². The summed E-state index contributed by atoms with van der Waals surface area (Å²) in [6, 6.07) is 8.72. The molecule has 102 valence electrons. The van der Waals surface area contributed by atoms with E-state index in [0.29, 0.717) is 18.5 Å². The molecule has 1 atom stereocenters. The molecule has 0 aliphatic rings. The lowest BCUT2D eigenvalue weighted by Crippen LogP contribution is -2.38. The zero-order valence-corrected chi connectivity index (χ0v) is 12.3. The van der Waals surface area contributed by atoms with E-state index in [-0.39, 0.29) is 0 Å². The van der Waals surface area contributed by atoms with E-state index in [0.717, 1.165) is 12.0 Å². The van der Waals surface area contributed by atoms with Crippen LogP contribution in [0.15, 0.2) is 24.3 Å². The van der Waals surface area contributed by atoms with E-state index in [4.69, 9.17) is 0 Å². The van der Waals surface area contributed by atoms with Crippen molar-refractivity contribution in [2.24, 2.45) is 5.92 Å². The van der Waals surface area contributed by atoms with Gasteiger partial charge in [-0.25, -0.2) is 0 Å². The molecule has 0 saturated heterocycles. The highest BCUT2D eigenvalue weighted by Gasteiger charge is 2.22. The van der Waals surface area contributed by atoms with E-state index in [1.54, 1.807) is 0 Å². The van der Waals surface area contributed by atoms with Gasteiger partial charge in [0.1, 0.15) is 0 Å². The predicted molar refractivity (Wildman–Crippen MR) is 77.7 cm³/mol. The Morgan fingerprint density at radius 1 is 1.11 bits per heavy atom. The fraction of sp³-hybridized carbons (Fsp3) is 0.625. The molecule has 18 heavy (non-hydrogen) atoms. The van der Waals surface area contributed by atoms with Crippen molar-refractivity contribution in [2.45, 2.75) is 52.7 Å². The molecule has 1 unspecified atom stereocenters. The topological polar surface area (TPSA) is 32.3 Å². The Balaban J connectivity index is 2.71. The summed E-state index contributed by atoms with van der Waals surface area (Å²) in [7, 11) is 0. The van der Waals surface area contributed by atoms with E-state index in [1.807, 2.05) is 19.1 Å². The van der Waals surface area contributed by atoms with Crippen molar-refractivity contribution in [2.75, 3.05) is 6.54 Å². The second-order valence-corrected chi connectivity index (χ2v) is 6.10. The molecule has 0 radical (unpaired) electrons. The molecule has 0 saturated carbocycles. The lowest BCUT2D eigenvalue weighted by Gasteiger charge is -2.26. The average molecular weight is 249 g/mol. The summed E-state index contributed by atoms with van der Waals surface area (Å²) in [5, 5.41) is 13.7. The first-order valence-corrected chi connectivity index (χ1v) is 6.86. The molecule has 0 spiro atoms. The molecule has 2 heteroatoms. The second kappa shape index (κ2) is 6.35. The molecule has 0 aliphatic carbocycles. The summed E-state index contributed by atoms with van der Waals surface area (Å²) in [6.45, 7) is 11.0. The first-order chi connectivity index (χ1) is 8.31. The third-order valence-electron chi connectivity index (χ3n) is 3.07. The van der Waals surface area contributed by atoms with Crippen molar-refractivity contribution >= 4 is 0 Å². The Kier molecular flexibility index (Phi) is 5.36. The predicted octanol–water partition coefficient (Wildman–Crippen LogP) is 3.09. The van der Waals surface area contributed by atoms with Gasteiger partial charge in [-0.05, 0) is 30.4 Å². The van der Waals surface area contributed by atoms with Crippen molar-refractivity contribution in [1.82, 2.24) is 5.32 Å². The van der Waals surface area contributed by atoms with Crippen LogP contribution in [-0.4, -0.2) is 17.7 Å². The Bertz CT molecular complexity index is 352. The van der Waals surface area contributed by atoms with E-state index in [9.17, 15) is 5.11 Å². The quantitative estimate of drug-likeness (QED) is 0.812. The smallest absolute Gasteiger partial charge is 0.0992 e. The maximum Gasteiger partial charge on any atom is 0.0992 e. The van der Waals surface area contributed by atoms with Crippen LogP contribution in [0.5, 0.6) is 0 Å². The van der Waals surface area contributed by atoms with Crippen molar-refractivity contribution < 1.29 is 5.11 Å². The lowest BCUT2D eigenvalue weighted by molar-refractivity contribution is 0.0549. The van der Waals surface area contributed by atoms with Crippen LogP contribution in [0.25, 0.3) is 0 Å². The molecule has 1 aromatic rings. The van der Waals surface area contributed by atoms with Gasteiger partial charge in [0.25, 0.3) is 0 Å². The van der Waals surface area contributed by atoms with Crippen LogP contribution in [0.2, 0.25) is 0 Å². The van der Waals surface area contributed by atoms with Crippen molar-refractivity contribution in [1.29, 1.82) is 0 Å². The van der Waals surface area contributed by atoms with Crippen LogP contribution in [0, 0.1) is 5.92 Å². The standard InChI is InChI=1S/C16H27NO/c1-12(2)10-14-6-8-15(9-7-14)16(5,18)11-17-13(3)4/h6-9,12-13,17-18H,10-11H2,1-5H3. The highest BCUT2D eigenvalue weighted by molar-refractivity contribution is 5.27. The minimum Gasteiger partial charge on any atom is -0.384 e. The fourth-order valence-corrected chi connectivity index (χ4v) is 1.98. The maximum absolute atomic E-state index is 10.4. The minimum atomic E-state index is -0.805. The Hall–Kier alpha value is -0.860. The molecule has 0 aliphatic heterocycles. The number of hydrogen-bond donors (Lipinski definition) is 2. The maximum atomic E-state index is 10.4. The highest BCUT2D eigenvalue weighted by Crippen LogP contribution is 2.21. The van der Waals surface area contributed by atoms with Gasteiger partial charge in [-0.2, -0.15) is 0 Å². The van der Waals surface area contributed by atoms with Crippen molar-refractivity contribution in [3.8, 4) is 0 Å². The average Bonchev–Trinajstić information content (AvgIpc) is 2.26. The van der Waals surface area contributed by atoms with Crippen LogP contribution >= 0.6 is 0 Å². The van der Waals surface area contributed by atoms with E-state index >= 15 is 0 Å². The van der Waals surface area contributed by atoms with Crippen LogP contribution < -0.4 is 5.32 Å². The van der Waals surface area contributed by atoms with Crippen LogP contribution in [0.3, 0.4) is 0 Å². The SMILES string of the molecule is CC(C)Cc1ccc(C(C)(O)CNC(C)C)cc1. The van der Waals surface area contributed by atoms with Gasteiger partial charge < -0.3 is 10.4 Å². The first-order valence-electron chi connectivity index (χ1n) is 6.86. The molecule has 0 heterocycles. The summed E-state index contributed by atoms with van der Waals surface area (Å²) in [5.41, 5.74) is 1.50. The molecular weight excluding hydrogens is 222 g/mol. The number of rotatable bonds is 6. The first kappa shape index (κ1) is 15.2. The Morgan fingerprint density at radius 2 is 1.67 bits per heavy atom. The molecule has 1 aromatic carbocycles. The zero-order valence-electron chi connectivity index (χ0n) is 12.3. The molecule has 1 rings (SSSR count). The highest BCUT2D eigenvalue weighted by atomic mass is 16.3. The van der Waals surface area contributed by atoms with Crippen LogP contribution in [0.1, 0.15) is 45.7 Å². The molecule has 2 N–H and O–H groups in total. The number of benzene rings is 1. The number of aliphatic hydroxyl groups is 1. The minimum absolute atomic E-state index is 0.386. The second-order valence-electron chi connectivity index (χ2n) is 6.10. The summed E-state index contributed by atoms with van der Waals surface area (Å²) in [5.74, 6) is 0.666. The van der Waals surface area contributed by atoms with Gasteiger partial charge in [0.05, 0.1) is 5.60 Å². The Labute approximate surface area is 111 Å². The third-order valence-corrected chi connectivity index (χ3v) is 3.07. The number of hydrogen-bond acceptors (Lipinski definition) is 2. The van der Waals surface area contributed by atoms with Gasteiger partial charge in [-0.1, -0.05) is 52.0 Å². The molecule has 0 aromatic heterocycles.